The Labute approximate surface area is 159 Å². The van der Waals surface area contributed by atoms with E-state index in [1.807, 2.05) is 31.2 Å². The Balaban J connectivity index is 1.60. The second-order valence-corrected chi connectivity index (χ2v) is 7.17. The van der Waals surface area contributed by atoms with E-state index in [0.717, 1.165) is 5.56 Å². The van der Waals surface area contributed by atoms with Gasteiger partial charge >= 0.3 is 5.97 Å². The summed E-state index contributed by atoms with van der Waals surface area (Å²) >= 11 is 1.18. The van der Waals surface area contributed by atoms with Gasteiger partial charge in [-0.1, -0.05) is 29.5 Å². The third kappa shape index (κ3) is 4.95. The number of thioether (sulfide) groups is 1. The Morgan fingerprint density at radius 3 is 2.44 bits per heavy atom. The van der Waals surface area contributed by atoms with Gasteiger partial charge in [-0.2, -0.15) is 0 Å². The molecule has 0 radical (unpaired) electrons. The lowest BCUT2D eigenvalue weighted by atomic mass is 10.2. The predicted octanol–water partition coefficient (Wildman–Crippen LogP) is 2.94. The van der Waals surface area contributed by atoms with Gasteiger partial charge in [-0.3, -0.25) is 9.59 Å². The van der Waals surface area contributed by atoms with Crippen LogP contribution in [-0.4, -0.2) is 33.3 Å². The molecular formula is C19H17N3O4S. The third-order valence-electron chi connectivity index (χ3n) is 3.83. The number of carboxylic acids is 1. The van der Waals surface area contributed by atoms with Crippen molar-refractivity contribution in [3.8, 4) is 0 Å². The molecule has 1 atom stereocenters. The summed E-state index contributed by atoms with van der Waals surface area (Å²) in [4.78, 5) is 39.4. The standard InChI is InChI=1S/C19H17N3O4S/c1-11-2-6-13(7-3-11)20-16(23)10-15-17(24)22-19(27-15)21-14-8-4-12(5-9-14)18(25)26/h2-9,15H,10H2,1H3,(H,20,23)(H,25,26)(H,21,22,24)/t15-/m1/s1. The number of carboxylic acid groups (broad SMARTS) is 1. The molecular weight excluding hydrogens is 366 g/mol. The summed E-state index contributed by atoms with van der Waals surface area (Å²) in [5, 5.41) is 14.1. The van der Waals surface area contributed by atoms with E-state index in [0.29, 0.717) is 16.5 Å². The largest absolute Gasteiger partial charge is 0.478 e. The number of benzene rings is 2. The molecule has 0 aromatic heterocycles. The number of carbonyl (C=O) groups excluding carboxylic acids is 2. The molecule has 0 saturated carbocycles. The predicted molar refractivity (Wildman–Crippen MR) is 104 cm³/mol. The van der Waals surface area contributed by atoms with Crippen molar-refractivity contribution in [2.45, 2.75) is 18.6 Å². The van der Waals surface area contributed by atoms with Crippen LogP contribution in [-0.2, 0) is 9.59 Å². The minimum absolute atomic E-state index is 0.0291. The number of nitrogens with one attached hydrogen (secondary N) is 2. The van der Waals surface area contributed by atoms with E-state index in [-0.39, 0.29) is 23.8 Å². The normalized spacial score (nSPS) is 17.6. The fourth-order valence-corrected chi connectivity index (χ4v) is 3.39. The van der Waals surface area contributed by atoms with Crippen molar-refractivity contribution >= 4 is 46.1 Å². The van der Waals surface area contributed by atoms with Crippen LogP contribution in [0.5, 0.6) is 0 Å². The first-order valence-electron chi connectivity index (χ1n) is 8.17. The Morgan fingerprint density at radius 2 is 1.81 bits per heavy atom. The van der Waals surface area contributed by atoms with E-state index in [4.69, 9.17) is 5.11 Å². The van der Waals surface area contributed by atoms with Crippen LogP contribution < -0.4 is 10.6 Å². The summed E-state index contributed by atoms with van der Waals surface area (Å²) in [6.45, 7) is 1.96. The van der Waals surface area contributed by atoms with Gasteiger partial charge in [0, 0.05) is 12.1 Å². The summed E-state index contributed by atoms with van der Waals surface area (Å²) in [5.41, 5.74) is 2.46. The molecule has 3 rings (SSSR count). The van der Waals surface area contributed by atoms with E-state index in [9.17, 15) is 14.4 Å². The molecule has 7 nitrogen and oxygen atoms in total. The monoisotopic (exact) mass is 383 g/mol. The second-order valence-electron chi connectivity index (χ2n) is 5.98. The van der Waals surface area contributed by atoms with Crippen molar-refractivity contribution in [2.24, 2.45) is 4.99 Å². The maximum Gasteiger partial charge on any atom is 0.335 e. The van der Waals surface area contributed by atoms with Gasteiger partial charge in [-0.05, 0) is 43.3 Å². The molecule has 1 saturated heterocycles. The molecule has 0 bridgehead atoms. The van der Waals surface area contributed by atoms with Crippen molar-refractivity contribution in [1.82, 2.24) is 5.32 Å². The number of anilines is 1. The van der Waals surface area contributed by atoms with E-state index >= 15 is 0 Å². The van der Waals surface area contributed by atoms with Crippen LogP contribution in [0.4, 0.5) is 11.4 Å². The van der Waals surface area contributed by atoms with Gasteiger partial charge in [-0.15, -0.1) is 0 Å². The van der Waals surface area contributed by atoms with Gasteiger partial charge in [-0.25, -0.2) is 9.79 Å². The first-order chi connectivity index (χ1) is 12.9. The van der Waals surface area contributed by atoms with E-state index in [1.165, 1.54) is 23.9 Å². The number of aryl methyl sites for hydroxylation is 1. The van der Waals surface area contributed by atoms with Crippen LogP contribution in [0.2, 0.25) is 0 Å². The van der Waals surface area contributed by atoms with Gasteiger partial charge in [0.1, 0.15) is 5.25 Å². The first kappa shape index (κ1) is 18.7. The number of rotatable bonds is 5. The van der Waals surface area contributed by atoms with Crippen LogP contribution in [0, 0.1) is 6.92 Å². The fraction of sp³-hybridized carbons (Fsp3) is 0.158. The topological polar surface area (TPSA) is 108 Å². The van der Waals surface area contributed by atoms with Gasteiger partial charge in [0.15, 0.2) is 5.17 Å². The third-order valence-corrected chi connectivity index (χ3v) is 4.91. The highest BCUT2D eigenvalue weighted by Gasteiger charge is 2.32. The molecule has 1 aliphatic heterocycles. The van der Waals surface area contributed by atoms with Crippen LogP contribution in [0.15, 0.2) is 53.5 Å². The molecule has 3 N–H and O–H groups in total. The maximum atomic E-state index is 12.2. The number of nitrogens with zero attached hydrogens (tertiary/aromatic N) is 1. The molecule has 138 valence electrons. The summed E-state index contributed by atoms with van der Waals surface area (Å²) < 4.78 is 0. The zero-order valence-corrected chi connectivity index (χ0v) is 15.2. The van der Waals surface area contributed by atoms with Crippen LogP contribution in [0.25, 0.3) is 0 Å². The van der Waals surface area contributed by atoms with Crippen LogP contribution >= 0.6 is 11.8 Å². The highest BCUT2D eigenvalue weighted by molar-refractivity contribution is 8.15. The minimum atomic E-state index is -1.02. The van der Waals surface area contributed by atoms with E-state index in [1.54, 1.807) is 12.1 Å². The SMILES string of the molecule is Cc1ccc(NC(=O)C[C@H]2SC(=Nc3ccc(C(=O)O)cc3)NC2=O)cc1. The molecule has 2 aromatic rings. The fourth-order valence-electron chi connectivity index (χ4n) is 2.41. The Bertz CT molecular complexity index is 908. The van der Waals surface area contributed by atoms with Gasteiger partial charge < -0.3 is 15.7 Å². The number of aromatic carboxylic acids is 1. The van der Waals surface area contributed by atoms with Crippen molar-refractivity contribution in [3.63, 3.8) is 0 Å². The molecule has 0 spiro atoms. The average molecular weight is 383 g/mol. The highest BCUT2D eigenvalue weighted by Crippen LogP contribution is 2.25. The second kappa shape index (κ2) is 8.05. The maximum absolute atomic E-state index is 12.2. The summed E-state index contributed by atoms with van der Waals surface area (Å²) in [5.74, 6) is -1.55. The highest BCUT2D eigenvalue weighted by atomic mass is 32.2. The van der Waals surface area contributed by atoms with Crippen molar-refractivity contribution in [2.75, 3.05) is 5.32 Å². The van der Waals surface area contributed by atoms with Crippen molar-refractivity contribution < 1.29 is 19.5 Å². The van der Waals surface area contributed by atoms with Gasteiger partial charge in [0.25, 0.3) is 0 Å². The number of hydrogen-bond acceptors (Lipinski definition) is 5. The first-order valence-corrected chi connectivity index (χ1v) is 9.05. The zero-order valence-electron chi connectivity index (χ0n) is 14.4. The van der Waals surface area contributed by atoms with Crippen LogP contribution in [0.1, 0.15) is 22.3 Å². The van der Waals surface area contributed by atoms with Gasteiger partial charge in [0.05, 0.1) is 11.3 Å². The summed E-state index contributed by atoms with van der Waals surface area (Å²) in [7, 11) is 0. The number of carbonyl (C=O) groups is 3. The molecule has 0 unspecified atom stereocenters. The van der Waals surface area contributed by atoms with E-state index < -0.39 is 11.2 Å². The summed E-state index contributed by atoms with van der Waals surface area (Å²) in [6, 6.07) is 13.4. The quantitative estimate of drug-likeness (QED) is 0.736. The number of amides is 2. The van der Waals surface area contributed by atoms with Crippen LogP contribution in [0.3, 0.4) is 0 Å². The lowest BCUT2D eigenvalue weighted by Gasteiger charge is -2.07. The Kier molecular flexibility index (Phi) is 5.56. The minimum Gasteiger partial charge on any atom is -0.478 e. The Hall–Kier alpha value is -3.13. The molecule has 2 aromatic carbocycles. The lowest BCUT2D eigenvalue weighted by Crippen LogP contribution is -2.28. The molecule has 1 heterocycles. The Morgan fingerprint density at radius 1 is 1.15 bits per heavy atom. The molecule has 0 aliphatic carbocycles. The molecule has 1 fully saturated rings. The molecule has 27 heavy (non-hydrogen) atoms. The average Bonchev–Trinajstić information content (AvgIpc) is 2.96. The molecule has 8 heteroatoms. The number of hydrogen-bond donors (Lipinski definition) is 3. The molecule has 2 amide bonds. The van der Waals surface area contributed by atoms with E-state index in [2.05, 4.69) is 15.6 Å². The zero-order chi connectivity index (χ0) is 19.4. The number of amidine groups is 1. The number of aliphatic imine (C=N–C) groups is 1. The van der Waals surface area contributed by atoms with Crippen molar-refractivity contribution in [1.29, 1.82) is 0 Å². The van der Waals surface area contributed by atoms with Gasteiger partial charge in [0.2, 0.25) is 11.8 Å². The molecule has 1 aliphatic rings. The lowest BCUT2D eigenvalue weighted by molar-refractivity contribution is -0.122. The smallest absolute Gasteiger partial charge is 0.335 e. The van der Waals surface area contributed by atoms with Crippen molar-refractivity contribution in [3.05, 3.63) is 59.7 Å². The summed E-state index contributed by atoms with van der Waals surface area (Å²) in [6.07, 6.45) is 0.0291.